The van der Waals surface area contributed by atoms with Gasteiger partial charge in [-0.05, 0) is 47.1 Å². The van der Waals surface area contributed by atoms with Gasteiger partial charge in [0.25, 0.3) is 5.56 Å². The Balaban J connectivity index is 2.44. The van der Waals surface area contributed by atoms with Gasteiger partial charge in [0.05, 0.1) is 11.8 Å². The fourth-order valence-electron chi connectivity index (χ4n) is 2.97. The summed E-state index contributed by atoms with van der Waals surface area (Å²) in [5.41, 5.74) is 3.59. The van der Waals surface area contributed by atoms with E-state index in [9.17, 15) is 27.6 Å². The zero-order valence-corrected chi connectivity index (χ0v) is 19.1. The molecule has 0 aromatic carbocycles. The van der Waals surface area contributed by atoms with Crippen molar-refractivity contribution in [3.63, 3.8) is 0 Å². The lowest BCUT2D eigenvalue weighted by Gasteiger charge is -2.19. The Labute approximate surface area is 181 Å². The summed E-state index contributed by atoms with van der Waals surface area (Å²) in [7, 11) is 0. The number of nitrogens with zero attached hydrogens (tertiary/aromatic N) is 2. The maximum absolute atomic E-state index is 12.9. The van der Waals surface area contributed by atoms with E-state index in [1.54, 1.807) is 41.5 Å². The lowest BCUT2D eigenvalue weighted by Crippen LogP contribution is -2.41. The molecule has 0 bridgehead atoms. The predicted molar refractivity (Wildman–Crippen MR) is 112 cm³/mol. The molecule has 2 aromatic rings. The smallest absolute Gasteiger partial charge is 0.422 e. The third-order valence-corrected chi connectivity index (χ3v) is 5.63. The van der Waals surface area contributed by atoms with Crippen molar-refractivity contribution < 1.29 is 22.7 Å². The molecule has 12 heteroatoms. The molecule has 0 aliphatic heterocycles. The Kier molecular flexibility index (Phi) is 7.26. The Morgan fingerprint density at radius 3 is 2.32 bits per heavy atom. The second kappa shape index (κ2) is 9.03. The number of aromatic nitrogens is 2. The first-order valence-corrected chi connectivity index (χ1v) is 10.5. The Hall–Kier alpha value is -2.34. The number of hydrogen-bond donors (Lipinski definition) is 2. The molecule has 0 saturated carbocycles. The van der Waals surface area contributed by atoms with Crippen LogP contribution in [0.5, 0.6) is 0 Å². The van der Waals surface area contributed by atoms with Crippen molar-refractivity contribution in [2.45, 2.75) is 78.9 Å². The highest BCUT2D eigenvalue weighted by molar-refractivity contribution is 7.18. The molecular formula is C19H27F3N4O4S. The number of thiophene rings is 1. The zero-order valence-electron chi connectivity index (χ0n) is 18.3. The SMILES string of the molecule is Cc1c(CNNC(=O)OC(C)(C)C)sc2c1c(=O)n(C(C)C)c(=O)n2CCC(F)(F)F. The van der Waals surface area contributed by atoms with Gasteiger partial charge in [-0.3, -0.25) is 19.4 Å². The van der Waals surface area contributed by atoms with E-state index in [1.165, 1.54) is 0 Å². The number of rotatable bonds is 6. The standard InChI is InChI=1S/C19H27F3N4O4S/c1-10(2)26-14(27)13-11(3)12(9-23-24-16(28)30-18(4,5)6)31-15(13)25(17(26)29)8-7-19(20,21)22/h10,23H,7-9H2,1-6H3,(H,24,28). The van der Waals surface area contributed by atoms with Gasteiger partial charge >= 0.3 is 18.0 Å². The van der Waals surface area contributed by atoms with Crippen molar-refractivity contribution in [3.05, 3.63) is 31.3 Å². The molecule has 0 aliphatic carbocycles. The minimum absolute atomic E-state index is 0.0962. The molecule has 8 nitrogen and oxygen atoms in total. The first-order valence-electron chi connectivity index (χ1n) is 9.68. The van der Waals surface area contributed by atoms with E-state index in [0.29, 0.717) is 10.4 Å². The summed E-state index contributed by atoms with van der Waals surface area (Å²) in [5, 5.41) is 0.203. The molecule has 1 amide bonds. The number of aryl methyl sites for hydroxylation is 2. The van der Waals surface area contributed by atoms with Gasteiger partial charge in [0.15, 0.2) is 0 Å². The third kappa shape index (κ3) is 6.10. The number of halogens is 3. The van der Waals surface area contributed by atoms with Gasteiger partial charge in [0.2, 0.25) is 0 Å². The fourth-order valence-corrected chi connectivity index (χ4v) is 4.23. The third-order valence-electron chi connectivity index (χ3n) is 4.32. The minimum Gasteiger partial charge on any atom is -0.443 e. The van der Waals surface area contributed by atoms with E-state index >= 15 is 0 Å². The van der Waals surface area contributed by atoms with Crippen molar-refractivity contribution >= 4 is 27.6 Å². The molecular weight excluding hydrogens is 437 g/mol. The maximum atomic E-state index is 12.9. The monoisotopic (exact) mass is 464 g/mol. The molecule has 0 atom stereocenters. The van der Waals surface area contributed by atoms with Gasteiger partial charge in [0, 0.05) is 24.0 Å². The number of nitrogens with one attached hydrogen (secondary N) is 2. The van der Waals surface area contributed by atoms with Crippen LogP contribution in [0.4, 0.5) is 18.0 Å². The predicted octanol–water partition coefficient (Wildman–Crippen LogP) is 3.60. The normalized spacial score (nSPS) is 12.6. The molecule has 31 heavy (non-hydrogen) atoms. The van der Waals surface area contributed by atoms with Crippen molar-refractivity contribution in [2.24, 2.45) is 0 Å². The second-order valence-corrected chi connectivity index (χ2v) is 9.46. The molecule has 2 N–H and O–H groups in total. The summed E-state index contributed by atoms with van der Waals surface area (Å²) in [5.74, 6) is 0. The number of amides is 1. The molecule has 0 saturated heterocycles. The fraction of sp³-hybridized carbons (Fsp3) is 0.632. The highest BCUT2D eigenvalue weighted by Crippen LogP contribution is 2.29. The van der Waals surface area contributed by atoms with Gasteiger partial charge in [0.1, 0.15) is 10.4 Å². The number of hydrogen-bond acceptors (Lipinski definition) is 6. The molecule has 0 fully saturated rings. The topological polar surface area (TPSA) is 94.4 Å². The van der Waals surface area contributed by atoms with Gasteiger partial charge in [-0.15, -0.1) is 11.3 Å². The summed E-state index contributed by atoms with van der Waals surface area (Å²) < 4.78 is 45.5. The first-order chi connectivity index (χ1) is 14.1. The minimum atomic E-state index is -4.45. The Bertz CT molecular complexity index is 1080. The summed E-state index contributed by atoms with van der Waals surface area (Å²) in [6.07, 6.45) is -6.34. The highest BCUT2D eigenvalue weighted by atomic mass is 32.1. The molecule has 2 aromatic heterocycles. The molecule has 174 valence electrons. The number of carbonyl (C=O) groups is 1. The van der Waals surface area contributed by atoms with Crippen LogP contribution in [0.2, 0.25) is 0 Å². The number of fused-ring (bicyclic) bond motifs is 1. The van der Waals surface area contributed by atoms with E-state index in [1.807, 2.05) is 0 Å². The second-order valence-electron chi connectivity index (χ2n) is 8.38. The molecule has 0 radical (unpaired) electrons. The zero-order chi connectivity index (χ0) is 23.7. The molecule has 0 aliphatic rings. The van der Waals surface area contributed by atoms with Gasteiger partial charge in [-0.1, -0.05) is 0 Å². The van der Waals surface area contributed by atoms with E-state index in [4.69, 9.17) is 4.74 Å². The summed E-state index contributed by atoms with van der Waals surface area (Å²) >= 11 is 1.04. The van der Waals surface area contributed by atoms with Crippen LogP contribution in [0.15, 0.2) is 9.59 Å². The number of ether oxygens (including phenoxy) is 1. The van der Waals surface area contributed by atoms with Crippen molar-refractivity contribution in [1.82, 2.24) is 20.0 Å². The Morgan fingerprint density at radius 1 is 1.19 bits per heavy atom. The molecule has 2 heterocycles. The van der Waals surface area contributed by atoms with Crippen LogP contribution in [0.1, 0.15) is 57.5 Å². The van der Waals surface area contributed by atoms with Crippen molar-refractivity contribution in [2.75, 3.05) is 0 Å². The van der Waals surface area contributed by atoms with Crippen LogP contribution in [-0.4, -0.2) is 27.0 Å². The number of hydrazine groups is 1. The van der Waals surface area contributed by atoms with E-state index in [2.05, 4.69) is 10.9 Å². The van der Waals surface area contributed by atoms with Crippen LogP contribution in [0.3, 0.4) is 0 Å². The van der Waals surface area contributed by atoms with Crippen LogP contribution in [0.25, 0.3) is 10.2 Å². The quantitative estimate of drug-likeness (QED) is 0.637. The first kappa shape index (κ1) is 24.9. The van der Waals surface area contributed by atoms with Crippen molar-refractivity contribution in [3.8, 4) is 0 Å². The van der Waals surface area contributed by atoms with E-state index in [-0.39, 0.29) is 16.8 Å². The number of alkyl halides is 3. The van der Waals surface area contributed by atoms with Gasteiger partial charge in [-0.2, -0.15) is 13.2 Å². The average Bonchev–Trinajstić information content (AvgIpc) is 2.88. The molecule has 0 unspecified atom stereocenters. The lowest BCUT2D eigenvalue weighted by molar-refractivity contribution is -0.136. The number of carbonyl (C=O) groups excluding carboxylic acids is 1. The van der Waals surface area contributed by atoms with Crippen LogP contribution in [-0.2, 0) is 17.8 Å². The van der Waals surface area contributed by atoms with Gasteiger partial charge < -0.3 is 4.74 Å². The summed E-state index contributed by atoms with van der Waals surface area (Å²) in [6, 6.07) is -0.517. The van der Waals surface area contributed by atoms with Crippen LogP contribution >= 0.6 is 11.3 Å². The van der Waals surface area contributed by atoms with Crippen molar-refractivity contribution in [1.29, 1.82) is 0 Å². The van der Waals surface area contributed by atoms with Crippen LogP contribution < -0.4 is 22.1 Å². The van der Waals surface area contributed by atoms with Gasteiger partial charge in [-0.25, -0.2) is 15.0 Å². The van der Waals surface area contributed by atoms with E-state index < -0.39 is 48.1 Å². The molecule has 0 spiro atoms. The molecule has 2 rings (SSSR count). The maximum Gasteiger partial charge on any atom is 0.422 e. The lowest BCUT2D eigenvalue weighted by atomic mass is 10.2. The highest BCUT2D eigenvalue weighted by Gasteiger charge is 2.29. The summed E-state index contributed by atoms with van der Waals surface area (Å²) in [6.45, 7) is 9.55. The summed E-state index contributed by atoms with van der Waals surface area (Å²) in [4.78, 5) is 38.3. The van der Waals surface area contributed by atoms with E-state index in [0.717, 1.165) is 20.5 Å². The Morgan fingerprint density at radius 2 is 1.81 bits per heavy atom. The largest absolute Gasteiger partial charge is 0.443 e. The van der Waals surface area contributed by atoms with Crippen LogP contribution in [0, 0.1) is 6.92 Å². The average molecular weight is 465 g/mol.